The summed E-state index contributed by atoms with van der Waals surface area (Å²) >= 11 is 0. The molecule has 2 unspecified atom stereocenters. The van der Waals surface area contributed by atoms with E-state index in [0.29, 0.717) is 34.1 Å². The van der Waals surface area contributed by atoms with Gasteiger partial charge in [0.05, 0.1) is 30.2 Å². The van der Waals surface area contributed by atoms with E-state index in [9.17, 15) is 9.59 Å². The number of aliphatic imine (C=N–C) groups is 1. The lowest BCUT2D eigenvalue weighted by Gasteiger charge is -2.17. The third-order valence-electron chi connectivity index (χ3n) is 6.84. The van der Waals surface area contributed by atoms with Gasteiger partial charge in [-0.3, -0.25) is 14.6 Å². The minimum atomic E-state index is -0.341. The molecule has 2 atom stereocenters. The summed E-state index contributed by atoms with van der Waals surface area (Å²) in [5.74, 6) is 7.93. The second-order valence-corrected chi connectivity index (χ2v) is 9.58. The van der Waals surface area contributed by atoms with Crippen molar-refractivity contribution in [1.82, 2.24) is 30.6 Å². The van der Waals surface area contributed by atoms with Crippen LogP contribution in [0.15, 0.2) is 52.3 Å². The molecule has 4 rings (SSSR count). The fourth-order valence-electron chi connectivity index (χ4n) is 4.19. The van der Waals surface area contributed by atoms with Crippen molar-refractivity contribution >= 4 is 29.8 Å². The molecule has 11 heteroatoms. The van der Waals surface area contributed by atoms with E-state index in [2.05, 4.69) is 57.6 Å². The van der Waals surface area contributed by atoms with E-state index in [1.807, 2.05) is 0 Å². The minimum Gasteiger partial charge on any atom is -0.373 e. The van der Waals surface area contributed by atoms with Crippen LogP contribution >= 0.6 is 0 Å². The van der Waals surface area contributed by atoms with Crippen LogP contribution in [0.25, 0.3) is 11.3 Å². The Morgan fingerprint density at radius 3 is 2.46 bits per heavy atom. The fourth-order valence-corrected chi connectivity index (χ4v) is 4.19. The molecular weight excluding hydrogens is 494 g/mol. The molecule has 39 heavy (non-hydrogen) atoms. The quantitative estimate of drug-likeness (QED) is 0.257. The average molecular weight is 528 g/mol. The van der Waals surface area contributed by atoms with Gasteiger partial charge >= 0.3 is 0 Å². The zero-order valence-corrected chi connectivity index (χ0v) is 22.9. The number of allylic oxidation sites excluding steroid dienone is 1. The van der Waals surface area contributed by atoms with Gasteiger partial charge in [-0.05, 0) is 51.5 Å². The largest absolute Gasteiger partial charge is 0.373 e. The van der Waals surface area contributed by atoms with Crippen molar-refractivity contribution in [2.24, 2.45) is 16.8 Å². The molecule has 1 aliphatic carbocycles. The van der Waals surface area contributed by atoms with E-state index in [4.69, 9.17) is 0 Å². The Bertz CT molecular complexity index is 1390. The van der Waals surface area contributed by atoms with Crippen LogP contribution in [-0.4, -0.2) is 64.6 Å². The van der Waals surface area contributed by atoms with Crippen LogP contribution in [0.2, 0.25) is 0 Å². The van der Waals surface area contributed by atoms with E-state index < -0.39 is 0 Å². The molecule has 2 amide bonds. The number of rotatable bonds is 9. The van der Waals surface area contributed by atoms with Gasteiger partial charge in [0.2, 0.25) is 5.95 Å². The average Bonchev–Trinajstić information content (AvgIpc) is 3.57. The summed E-state index contributed by atoms with van der Waals surface area (Å²) in [7, 11) is 1.67. The topological polar surface area (TPSA) is 137 Å². The molecule has 3 N–H and O–H groups in total. The number of aromatic nitrogens is 4. The van der Waals surface area contributed by atoms with Gasteiger partial charge in [-0.15, -0.1) is 5.92 Å². The summed E-state index contributed by atoms with van der Waals surface area (Å²) in [6.07, 6.45) is 9.43. The van der Waals surface area contributed by atoms with Crippen molar-refractivity contribution in [2.45, 2.75) is 34.1 Å². The van der Waals surface area contributed by atoms with Gasteiger partial charge in [0.15, 0.2) is 5.82 Å². The summed E-state index contributed by atoms with van der Waals surface area (Å²) < 4.78 is 0. The highest BCUT2D eigenvalue weighted by atomic mass is 16.2. The monoisotopic (exact) mass is 527 g/mol. The summed E-state index contributed by atoms with van der Waals surface area (Å²) in [5.41, 5.74) is 2.75. The van der Waals surface area contributed by atoms with Gasteiger partial charge in [0.25, 0.3) is 11.8 Å². The van der Waals surface area contributed by atoms with Gasteiger partial charge in [-0.2, -0.15) is 0 Å². The van der Waals surface area contributed by atoms with Gasteiger partial charge < -0.3 is 20.9 Å². The summed E-state index contributed by atoms with van der Waals surface area (Å²) in [4.78, 5) is 49.5. The number of nitrogens with zero attached hydrogens (tertiary/aromatic N) is 6. The molecule has 11 nitrogen and oxygen atoms in total. The van der Waals surface area contributed by atoms with Gasteiger partial charge in [-0.1, -0.05) is 5.92 Å². The molecule has 0 aromatic carbocycles. The molecule has 2 aliphatic rings. The highest BCUT2D eigenvalue weighted by molar-refractivity contribution is 6.06. The Hall–Kier alpha value is -4.59. The van der Waals surface area contributed by atoms with Gasteiger partial charge in [0.1, 0.15) is 5.82 Å². The summed E-state index contributed by atoms with van der Waals surface area (Å²) in [6.45, 7) is 9.14. The third kappa shape index (κ3) is 6.84. The smallest absolute Gasteiger partial charge is 0.252 e. The van der Waals surface area contributed by atoms with Crippen LogP contribution in [-0.2, 0) is 9.59 Å². The van der Waals surface area contributed by atoms with Crippen molar-refractivity contribution in [2.75, 3.05) is 36.9 Å². The van der Waals surface area contributed by atoms with Crippen LogP contribution in [0.5, 0.6) is 0 Å². The fraction of sp³-hybridized carbons (Fsp3) is 0.393. The Labute approximate surface area is 228 Å². The number of carbonyl (C=O) groups excluding carboxylic acids is 2. The molecule has 202 valence electrons. The highest BCUT2D eigenvalue weighted by Gasteiger charge is 2.45. The molecule has 1 saturated heterocycles. The number of carbonyl (C=O) groups is 2. The summed E-state index contributed by atoms with van der Waals surface area (Å²) in [5, 5.41) is 8.40. The van der Waals surface area contributed by atoms with Crippen LogP contribution in [0.1, 0.15) is 34.1 Å². The molecular formula is C28H33N9O2. The van der Waals surface area contributed by atoms with E-state index in [-0.39, 0.29) is 18.4 Å². The van der Waals surface area contributed by atoms with Crippen molar-refractivity contribution in [3.8, 4) is 23.1 Å². The predicted molar refractivity (Wildman–Crippen MR) is 151 cm³/mol. The van der Waals surface area contributed by atoms with Crippen molar-refractivity contribution in [1.29, 1.82) is 0 Å². The first-order chi connectivity index (χ1) is 18.8. The Kier molecular flexibility index (Phi) is 8.66. The molecule has 3 heterocycles. The van der Waals surface area contributed by atoms with Gasteiger partial charge in [0, 0.05) is 49.9 Å². The Morgan fingerprint density at radius 2 is 1.79 bits per heavy atom. The molecule has 0 bridgehead atoms. The van der Waals surface area contributed by atoms with E-state index in [1.54, 1.807) is 53.3 Å². The van der Waals surface area contributed by atoms with Crippen LogP contribution in [0.4, 0.5) is 11.8 Å². The molecule has 0 radical (unpaired) electrons. The van der Waals surface area contributed by atoms with E-state index >= 15 is 0 Å². The SMILES string of the molecule is CC#CCNC(=O)/C(C)=C(/N=C/C(C)=C(/C)C(=O)Nc1cncc(-c2cnc(N3CC4CC4C3)nc2)n1)NC. The molecule has 1 aliphatic heterocycles. The third-order valence-corrected chi connectivity index (χ3v) is 6.84. The number of amides is 2. The maximum absolute atomic E-state index is 12.9. The zero-order valence-electron chi connectivity index (χ0n) is 22.9. The normalized spacial score (nSPS) is 18.8. The predicted octanol–water partition coefficient (Wildman–Crippen LogP) is 2.33. The molecule has 2 aromatic rings. The highest BCUT2D eigenvalue weighted by Crippen LogP contribution is 2.45. The number of fused-ring (bicyclic) bond motifs is 1. The van der Waals surface area contributed by atoms with Crippen molar-refractivity contribution in [3.05, 3.63) is 47.3 Å². The number of hydrogen-bond acceptors (Lipinski definition) is 9. The zero-order chi connectivity index (χ0) is 27.9. The molecule has 1 saturated carbocycles. The molecule has 0 spiro atoms. The number of nitrogens with one attached hydrogen (secondary N) is 3. The molecule has 2 aromatic heterocycles. The number of piperidine rings is 1. The second kappa shape index (κ2) is 12.3. The Morgan fingerprint density at radius 1 is 1.08 bits per heavy atom. The molecule has 2 fully saturated rings. The second-order valence-electron chi connectivity index (χ2n) is 9.58. The van der Waals surface area contributed by atoms with E-state index in [1.165, 1.54) is 18.8 Å². The first-order valence-corrected chi connectivity index (χ1v) is 12.8. The van der Waals surface area contributed by atoms with Crippen molar-refractivity contribution < 1.29 is 9.59 Å². The first kappa shape index (κ1) is 27.4. The lowest BCUT2D eigenvalue weighted by Crippen LogP contribution is -2.26. The Balaban J connectivity index is 1.40. The van der Waals surface area contributed by atoms with Crippen molar-refractivity contribution in [3.63, 3.8) is 0 Å². The van der Waals surface area contributed by atoms with E-state index in [0.717, 1.165) is 36.4 Å². The lowest BCUT2D eigenvalue weighted by molar-refractivity contribution is -0.117. The maximum atomic E-state index is 12.9. The van der Waals surface area contributed by atoms with Crippen LogP contribution in [0.3, 0.4) is 0 Å². The minimum absolute atomic E-state index is 0.257. The van der Waals surface area contributed by atoms with Gasteiger partial charge in [-0.25, -0.2) is 19.9 Å². The number of anilines is 2. The number of hydrogen-bond donors (Lipinski definition) is 3. The maximum Gasteiger partial charge on any atom is 0.252 e. The van der Waals surface area contributed by atoms with Crippen LogP contribution in [0, 0.1) is 23.7 Å². The first-order valence-electron chi connectivity index (χ1n) is 12.8. The lowest BCUT2D eigenvalue weighted by atomic mass is 10.1. The summed E-state index contributed by atoms with van der Waals surface area (Å²) in [6, 6.07) is 0. The standard InChI is InChI=1S/C28H33N9O2/c1-6-7-8-31-26(38)19(4)25(29-5)32-10-17(2)18(3)27(39)36-24-14-30-13-23(35-24)22-11-33-28(34-12-22)37-15-20-9-21(20)16-37/h10-14,20-21,29H,8-9,15-16H2,1-5H3,(H,31,38)(H,35,36,39)/b18-17-,25-19+,32-10+. The van der Waals surface area contributed by atoms with Crippen LogP contribution < -0.4 is 20.9 Å².